The van der Waals surface area contributed by atoms with E-state index in [0.717, 1.165) is 44.0 Å². The molecule has 0 aromatic heterocycles. The van der Waals surface area contributed by atoms with Crippen LogP contribution in [0, 0.1) is 0 Å². The summed E-state index contributed by atoms with van der Waals surface area (Å²) in [5.74, 6) is 1.36. The van der Waals surface area contributed by atoms with Crippen molar-refractivity contribution < 1.29 is 9.47 Å². The minimum Gasteiger partial charge on any atom is -0.490 e. The van der Waals surface area contributed by atoms with Crippen molar-refractivity contribution in [1.29, 1.82) is 0 Å². The molecule has 0 heterocycles. The average molecular weight is 329 g/mol. The smallest absolute Gasteiger partial charge is 0.179 e. The average Bonchev–Trinajstić information content (AvgIpc) is 2.51. The molecule has 0 spiro atoms. The van der Waals surface area contributed by atoms with Gasteiger partial charge in [0.25, 0.3) is 0 Å². The molecule has 1 rings (SSSR count). The zero-order chi connectivity index (χ0) is 16.4. The Labute approximate surface area is 139 Å². The van der Waals surface area contributed by atoms with Crippen LogP contribution >= 0.6 is 11.6 Å². The van der Waals surface area contributed by atoms with E-state index >= 15 is 0 Å². The molecule has 0 atom stereocenters. The molecular formula is C17H29ClN2O2. The van der Waals surface area contributed by atoms with Gasteiger partial charge in [-0.1, -0.05) is 25.4 Å². The highest BCUT2D eigenvalue weighted by atomic mass is 35.5. The van der Waals surface area contributed by atoms with Crippen molar-refractivity contribution in [1.82, 2.24) is 10.2 Å². The van der Waals surface area contributed by atoms with E-state index in [4.69, 9.17) is 21.1 Å². The summed E-state index contributed by atoms with van der Waals surface area (Å²) < 4.78 is 11.2. The highest BCUT2D eigenvalue weighted by Crippen LogP contribution is 2.36. The number of nitrogens with zero attached hydrogens (tertiary/aromatic N) is 1. The molecule has 0 aliphatic carbocycles. The fourth-order valence-electron chi connectivity index (χ4n) is 2.28. The summed E-state index contributed by atoms with van der Waals surface area (Å²) in [7, 11) is 0. The number of rotatable bonds is 11. The van der Waals surface area contributed by atoms with Crippen LogP contribution in [0.1, 0.15) is 33.3 Å². The molecule has 1 aromatic carbocycles. The summed E-state index contributed by atoms with van der Waals surface area (Å²) >= 11 is 6.32. The lowest BCUT2D eigenvalue weighted by Crippen LogP contribution is -2.31. The molecule has 0 saturated heterocycles. The number of benzene rings is 1. The van der Waals surface area contributed by atoms with E-state index in [0.29, 0.717) is 24.0 Å². The second-order valence-corrected chi connectivity index (χ2v) is 5.38. The molecule has 5 heteroatoms. The molecule has 1 N–H and O–H groups in total. The molecule has 0 amide bonds. The van der Waals surface area contributed by atoms with E-state index in [1.807, 2.05) is 26.0 Å². The van der Waals surface area contributed by atoms with E-state index in [1.165, 1.54) is 0 Å². The Bertz CT molecular complexity index is 437. The molecule has 126 valence electrons. The van der Waals surface area contributed by atoms with Gasteiger partial charge in [0.1, 0.15) is 0 Å². The van der Waals surface area contributed by atoms with E-state index < -0.39 is 0 Å². The van der Waals surface area contributed by atoms with E-state index in [9.17, 15) is 0 Å². The molecule has 0 fully saturated rings. The summed E-state index contributed by atoms with van der Waals surface area (Å²) in [5.41, 5.74) is 1.11. The van der Waals surface area contributed by atoms with Crippen LogP contribution < -0.4 is 14.8 Å². The number of halogens is 1. The minimum atomic E-state index is 0.571. The van der Waals surface area contributed by atoms with Crippen LogP contribution in [0.15, 0.2) is 12.1 Å². The molecule has 0 aliphatic rings. The van der Waals surface area contributed by atoms with Gasteiger partial charge < -0.3 is 19.7 Å². The SMILES string of the molecule is CCOc1cc(CNCCN(CC)CC)cc(Cl)c1OCC. The first-order chi connectivity index (χ1) is 10.7. The van der Waals surface area contributed by atoms with E-state index in [2.05, 4.69) is 24.1 Å². The van der Waals surface area contributed by atoms with Gasteiger partial charge in [-0.25, -0.2) is 0 Å². The van der Waals surface area contributed by atoms with Crippen LogP contribution in [0.4, 0.5) is 0 Å². The second kappa shape index (κ2) is 10.7. The van der Waals surface area contributed by atoms with Gasteiger partial charge in [-0.15, -0.1) is 0 Å². The van der Waals surface area contributed by atoms with Gasteiger partial charge in [-0.05, 0) is 44.6 Å². The standard InChI is InChI=1S/C17H29ClN2O2/c1-5-20(6-2)10-9-19-13-14-11-15(18)17(22-8-4)16(12-14)21-7-3/h11-12,19H,5-10,13H2,1-4H3. The Kier molecular flexibility index (Phi) is 9.28. The monoisotopic (exact) mass is 328 g/mol. The third-order valence-corrected chi connectivity index (χ3v) is 3.77. The highest BCUT2D eigenvalue weighted by Gasteiger charge is 2.12. The van der Waals surface area contributed by atoms with Gasteiger partial charge in [0.15, 0.2) is 11.5 Å². The molecular weight excluding hydrogens is 300 g/mol. The molecule has 0 radical (unpaired) electrons. The number of hydrogen-bond donors (Lipinski definition) is 1. The van der Waals surface area contributed by atoms with Crippen LogP contribution in [-0.4, -0.2) is 44.3 Å². The van der Waals surface area contributed by atoms with Crippen LogP contribution in [0.25, 0.3) is 0 Å². The van der Waals surface area contributed by atoms with Crippen molar-refractivity contribution in [2.45, 2.75) is 34.2 Å². The third-order valence-electron chi connectivity index (χ3n) is 3.49. The maximum Gasteiger partial charge on any atom is 0.179 e. The third kappa shape index (κ3) is 6.03. The minimum absolute atomic E-state index is 0.571. The Morgan fingerprint density at radius 2 is 1.73 bits per heavy atom. The van der Waals surface area contributed by atoms with Crippen LogP contribution in [-0.2, 0) is 6.54 Å². The predicted octanol–water partition coefficient (Wildman–Crippen LogP) is 3.57. The first-order valence-electron chi connectivity index (χ1n) is 8.17. The molecule has 22 heavy (non-hydrogen) atoms. The van der Waals surface area contributed by atoms with Gasteiger partial charge in [0.2, 0.25) is 0 Å². The molecule has 0 aliphatic heterocycles. The van der Waals surface area contributed by atoms with Gasteiger partial charge in [-0.3, -0.25) is 0 Å². The van der Waals surface area contributed by atoms with Crippen molar-refractivity contribution in [2.75, 3.05) is 39.4 Å². The molecule has 0 unspecified atom stereocenters. The summed E-state index contributed by atoms with van der Waals surface area (Å²) in [6, 6.07) is 3.95. The van der Waals surface area contributed by atoms with Gasteiger partial charge >= 0.3 is 0 Å². The van der Waals surface area contributed by atoms with Crippen molar-refractivity contribution in [3.63, 3.8) is 0 Å². The highest BCUT2D eigenvalue weighted by molar-refractivity contribution is 6.32. The predicted molar refractivity (Wildman–Crippen MR) is 93.3 cm³/mol. The summed E-state index contributed by atoms with van der Waals surface area (Å²) in [6.45, 7) is 14.4. The Balaban J connectivity index is 2.63. The summed E-state index contributed by atoms with van der Waals surface area (Å²) in [5, 5.41) is 4.06. The Morgan fingerprint density at radius 1 is 1.05 bits per heavy atom. The van der Waals surface area contributed by atoms with Crippen molar-refractivity contribution >= 4 is 11.6 Å². The molecule has 4 nitrogen and oxygen atoms in total. The number of likely N-dealkylation sites (N-methyl/N-ethyl adjacent to an activating group) is 1. The Morgan fingerprint density at radius 3 is 2.32 bits per heavy atom. The number of ether oxygens (including phenoxy) is 2. The molecule has 1 aromatic rings. The second-order valence-electron chi connectivity index (χ2n) is 4.97. The van der Waals surface area contributed by atoms with Crippen molar-refractivity contribution in [2.24, 2.45) is 0 Å². The zero-order valence-electron chi connectivity index (χ0n) is 14.2. The summed E-state index contributed by atoms with van der Waals surface area (Å²) in [4.78, 5) is 2.39. The van der Waals surface area contributed by atoms with E-state index in [-0.39, 0.29) is 0 Å². The Hall–Kier alpha value is -0.970. The van der Waals surface area contributed by atoms with Crippen LogP contribution in [0.3, 0.4) is 0 Å². The zero-order valence-corrected chi connectivity index (χ0v) is 15.0. The van der Waals surface area contributed by atoms with Crippen molar-refractivity contribution in [3.8, 4) is 11.5 Å². The normalized spacial score (nSPS) is 11.0. The lowest BCUT2D eigenvalue weighted by molar-refractivity contribution is 0.287. The van der Waals surface area contributed by atoms with Gasteiger partial charge in [-0.2, -0.15) is 0 Å². The first kappa shape index (κ1) is 19.1. The topological polar surface area (TPSA) is 33.7 Å². The lowest BCUT2D eigenvalue weighted by atomic mass is 10.2. The quantitative estimate of drug-likeness (QED) is 0.630. The fourth-order valence-corrected chi connectivity index (χ4v) is 2.57. The number of nitrogens with one attached hydrogen (secondary N) is 1. The van der Waals surface area contributed by atoms with E-state index in [1.54, 1.807) is 0 Å². The number of hydrogen-bond acceptors (Lipinski definition) is 4. The lowest BCUT2D eigenvalue weighted by Gasteiger charge is -2.18. The van der Waals surface area contributed by atoms with Gasteiger partial charge in [0.05, 0.1) is 18.2 Å². The fraction of sp³-hybridized carbons (Fsp3) is 0.647. The molecule has 0 bridgehead atoms. The van der Waals surface area contributed by atoms with Crippen LogP contribution in [0.5, 0.6) is 11.5 Å². The first-order valence-corrected chi connectivity index (χ1v) is 8.55. The largest absolute Gasteiger partial charge is 0.490 e. The molecule has 0 saturated carbocycles. The van der Waals surface area contributed by atoms with Crippen molar-refractivity contribution in [3.05, 3.63) is 22.7 Å². The van der Waals surface area contributed by atoms with Gasteiger partial charge in [0, 0.05) is 19.6 Å². The maximum atomic E-state index is 6.32. The summed E-state index contributed by atoms with van der Waals surface area (Å²) in [6.07, 6.45) is 0. The van der Waals surface area contributed by atoms with Crippen LogP contribution in [0.2, 0.25) is 5.02 Å². The maximum absolute atomic E-state index is 6.32.